The lowest BCUT2D eigenvalue weighted by atomic mass is 10.1. The number of hydrogen-bond donors (Lipinski definition) is 2. The van der Waals surface area contributed by atoms with Gasteiger partial charge in [-0.1, -0.05) is 37.5 Å². The largest absolute Gasteiger partial charge is 0.352 e. The van der Waals surface area contributed by atoms with Crippen LogP contribution in [0.2, 0.25) is 0 Å². The second kappa shape index (κ2) is 9.34. The van der Waals surface area contributed by atoms with E-state index >= 15 is 0 Å². The molecule has 0 heterocycles. The van der Waals surface area contributed by atoms with Gasteiger partial charge >= 0.3 is 0 Å². The summed E-state index contributed by atoms with van der Waals surface area (Å²) in [4.78, 5) is 11.5. The molecule has 0 bridgehead atoms. The number of hydrogen-bond acceptors (Lipinski definition) is 2. The Bertz CT molecular complexity index is 284. The molecule has 0 spiro atoms. The molecule has 3 heteroatoms. The lowest BCUT2D eigenvalue weighted by Crippen LogP contribution is -2.24. The standard InChI is InChI=1S/C14H23NOS/c16-14(10-4-2-1-3-7-11-17)15-12-13-8-5-6-9-13/h5-6,8,17H,1-4,7,9-12H2,(H,15,16). The lowest BCUT2D eigenvalue weighted by Gasteiger charge is -2.05. The second-order valence-electron chi connectivity index (χ2n) is 4.48. The minimum Gasteiger partial charge on any atom is -0.352 e. The van der Waals surface area contributed by atoms with Crippen molar-refractivity contribution in [3.63, 3.8) is 0 Å². The fourth-order valence-electron chi connectivity index (χ4n) is 1.85. The highest BCUT2D eigenvalue weighted by Crippen LogP contribution is 2.09. The van der Waals surface area contributed by atoms with Crippen molar-refractivity contribution in [2.45, 2.75) is 44.9 Å². The molecule has 1 aliphatic carbocycles. The first-order valence-electron chi connectivity index (χ1n) is 6.55. The molecular weight excluding hydrogens is 230 g/mol. The average molecular weight is 253 g/mol. The smallest absolute Gasteiger partial charge is 0.220 e. The van der Waals surface area contributed by atoms with Crippen LogP contribution in [0.25, 0.3) is 0 Å². The number of thiol groups is 1. The first-order chi connectivity index (χ1) is 8.33. The van der Waals surface area contributed by atoms with Crippen LogP contribution in [0, 0.1) is 0 Å². The maximum Gasteiger partial charge on any atom is 0.220 e. The number of carbonyl (C=O) groups is 1. The summed E-state index contributed by atoms with van der Waals surface area (Å²) in [5, 5.41) is 2.97. The molecule has 0 fully saturated rings. The van der Waals surface area contributed by atoms with Gasteiger partial charge in [0.05, 0.1) is 0 Å². The summed E-state index contributed by atoms with van der Waals surface area (Å²) in [7, 11) is 0. The molecule has 1 N–H and O–H groups in total. The molecule has 1 aliphatic rings. The van der Waals surface area contributed by atoms with E-state index in [-0.39, 0.29) is 5.91 Å². The Morgan fingerprint density at radius 3 is 2.71 bits per heavy atom. The fourth-order valence-corrected chi connectivity index (χ4v) is 2.07. The van der Waals surface area contributed by atoms with E-state index in [1.807, 2.05) is 6.08 Å². The predicted octanol–water partition coefficient (Wildman–Crippen LogP) is 3.26. The van der Waals surface area contributed by atoms with Crippen molar-refractivity contribution >= 4 is 18.5 Å². The molecule has 2 nitrogen and oxygen atoms in total. The first-order valence-corrected chi connectivity index (χ1v) is 7.18. The number of nitrogens with one attached hydrogen (secondary N) is 1. The molecule has 0 saturated carbocycles. The Hall–Kier alpha value is -0.700. The highest BCUT2D eigenvalue weighted by molar-refractivity contribution is 7.80. The van der Waals surface area contributed by atoms with Gasteiger partial charge in [-0.2, -0.15) is 12.6 Å². The molecule has 1 amide bonds. The van der Waals surface area contributed by atoms with Crippen LogP contribution >= 0.6 is 12.6 Å². The van der Waals surface area contributed by atoms with Gasteiger partial charge in [-0.05, 0) is 30.6 Å². The Kier molecular flexibility index (Phi) is 7.89. The monoisotopic (exact) mass is 253 g/mol. The van der Waals surface area contributed by atoms with E-state index in [0.717, 1.165) is 25.0 Å². The van der Waals surface area contributed by atoms with Crippen LogP contribution in [0.15, 0.2) is 23.8 Å². The summed E-state index contributed by atoms with van der Waals surface area (Å²) in [6.45, 7) is 0.714. The number of carbonyl (C=O) groups excluding carboxylic acids is 1. The number of rotatable bonds is 9. The summed E-state index contributed by atoms with van der Waals surface area (Å²) < 4.78 is 0. The SMILES string of the molecule is O=C(CCCCCCCS)NCC1=CC=CC1. The molecule has 0 aliphatic heterocycles. The Labute approximate surface area is 110 Å². The predicted molar refractivity (Wildman–Crippen MR) is 76.4 cm³/mol. The van der Waals surface area contributed by atoms with Crippen molar-refractivity contribution in [2.24, 2.45) is 0 Å². The first kappa shape index (κ1) is 14.4. The van der Waals surface area contributed by atoms with Gasteiger partial charge in [0.2, 0.25) is 5.91 Å². The molecule has 0 saturated heterocycles. The quantitative estimate of drug-likeness (QED) is 0.479. The zero-order valence-corrected chi connectivity index (χ0v) is 11.3. The third-order valence-corrected chi connectivity index (χ3v) is 3.24. The number of allylic oxidation sites excluding steroid dienone is 3. The zero-order chi connectivity index (χ0) is 12.3. The third kappa shape index (κ3) is 7.27. The van der Waals surface area contributed by atoms with Crippen LogP contribution in [-0.4, -0.2) is 18.2 Å². The summed E-state index contributed by atoms with van der Waals surface area (Å²) in [6, 6.07) is 0. The summed E-state index contributed by atoms with van der Waals surface area (Å²) >= 11 is 4.17. The maximum atomic E-state index is 11.5. The van der Waals surface area contributed by atoms with Gasteiger partial charge in [0.25, 0.3) is 0 Å². The average Bonchev–Trinajstić information content (AvgIpc) is 2.84. The Morgan fingerprint density at radius 2 is 2.00 bits per heavy atom. The van der Waals surface area contributed by atoms with Gasteiger partial charge < -0.3 is 5.32 Å². The Balaban J connectivity index is 1.91. The molecule has 0 aromatic carbocycles. The van der Waals surface area contributed by atoms with Crippen LogP contribution in [-0.2, 0) is 4.79 Å². The van der Waals surface area contributed by atoms with Crippen LogP contribution in [0.1, 0.15) is 44.9 Å². The number of unbranched alkanes of at least 4 members (excludes halogenated alkanes) is 4. The van der Waals surface area contributed by atoms with Crippen molar-refractivity contribution in [1.82, 2.24) is 5.32 Å². The molecule has 1 rings (SSSR count). The van der Waals surface area contributed by atoms with E-state index in [4.69, 9.17) is 0 Å². The van der Waals surface area contributed by atoms with E-state index in [1.54, 1.807) is 0 Å². The number of amides is 1. The molecule has 0 aromatic heterocycles. The van der Waals surface area contributed by atoms with Gasteiger partial charge in [-0.3, -0.25) is 4.79 Å². The van der Waals surface area contributed by atoms with E-state index in [9.17, 15) is 4.79 Å². The minimum absolute atomic E-state index is 0.187. The van der Waals surface area contributed by atoms with Crippen molar-refractivity contribution in [2.75, 3.05) is 12.3 Å². The summed E-state index contributed by atoms with van der Waals surface area (Å²) in [5.74, 6) is 1.16. The van der Waals surface area contributed by atoms with Crippen LogP contribution in [0.3, 0.4) is 0 Å². The van der Waals surface area contributed by atoms with Crippen LogP contribution < -0.4 is 5.32 Å². The van der Waals surface area contributed by atoms with E-state index in [0.29, 0.717) is 13.0 Å². The van der Waals surface area contributed by atoms with Gasteiger partial charge in [0, 0.05) is 13.0 Å². The van der Waals surface area contributed by atoms with E-state index in [2.05, 4.69) is 30.1 Å². The van der Waals surface area contributed by atoms with Crippen LogP contribution in [0.5, 0.6) is 0 Å². The Morgan fingerprint density at radius 1 is 1.24 bits per heavy atom. The minimum atomic E-state index is 0.187. The summed E-state index contributed by atoms with van der Waals surface area (Å²) in [5.41, 5.74) is 1.30. The topological polar surface area (TPSA) is 29.1 Å². The van der Waals surface area contributed by atoms with Crippen molar-refractivity contribution in [3.05, 3.63) is 23.8 Å². The van der Waals surface area contributed by atoms with Gasteiger partial charge in [-0.25, -0.2) is 0 Å². The maximum absolute atomic E-state index is 11.5. The van der Waals surface area contributed by atoms with E-state index in [1.165, 1.54) is 24.8 Å². The van der Waals surface area contributed by atoms with Crippen molar-refractivity contribution < 1.29 is 4.79 Å². The molecule has 96 valence electrons. The molecule has 0 aromatic rings. The van der Waals surface area contributed by atoms with E-state index < -0.39 is 0 Å². The normalized spacial score (nSPS) is 13.8. The fraction of sp³-hybridized carbons (Fsp3) is 0.643. The van der Waals surface area contributed by atoms with Crippen molar-refractivity contribution in [1.29, 1.82) is 0 Å². The van der Waals surface area contributed by atoms with Gasteiger partial charge in [0.15, 0.2) is 0 Å². The van der Waals surface area contributed by atoms with Gasteiger partial charge in [-0.15, -0.1) is 0 Å². The molecule has 17 heavy (non-hydrogen) atoms. The highest BCUT2D eigenvalue weighted by atomic mass is 32.1. The highest BCUT2D eigenvalue weighted by Gasteiger charge is 2.03. The molecular formula is C14H23NOS. The lowest BCUT2D eigenvalue weighted by molar-refractivity contribution is -0.121. The molecule has 0 atom stereocenters. The molecule has 0 unspecified atom stereocenters. The van der Waals surface area contributed by atoms with Gasteiger partial charge in [0.1, 0.15) is 0 Å². The summed E-state index contributed by atoms with van der Waals surface area (Å²) in [6.07, 6.45) is 13.7. The zero-order valence-electron chi connectivity index (χ0n) is 10.5. The second-order valence-corrected chi connectivity index (χ2v) is 4.92. The molecule has 0 radical (unpaired) electrons. The third-order valence-electron chi connectivity index (χ3n) is 2.92. The van der Waals surface area contributed by atoms with Crippen molar-refractivity contribution in [3.8, 4) is 0 Å². The van der Waals surface area contributed by atoms with Crippen LogP contribution in [0.4, 0.5) is 0 Å².